The summed E-state index contributed by atoms with van der Waals surface area (Å²) in [7, 11) is 0. The highest BCUT2D eigenvalue weighted by molar-refractivity contribution is 5.53. The van der Waals surface area contributed by atoms with E-state index in [-0.39, 0.29) is 6.04 Å². The van der Waals surface area contributed by atoms with Gasteiger partial charge in [0.25, 0.3) is 0 Å². The van der Waals surface area contributed by atoms with Crippen LogP contribution in [0.15, 0.2) is 79.0 Å². The van der Waals surface area contributed by atoms with E-state index in [1.54, 1.807) is 6.20 Å². The Hall–Kier alpha value is -3.01. The van der Waals surface area contributed by atoms with Crippen molar-refractivity contribution in [3.63, 3.8) is 0 Å². The third-order valence-electron chi connectivity index (χ3n) is 3.86. The molecule has 0 amide bonds. The van der Waals surface area contributed by atoms with Crippen molar-refractivity contribution in [3.8, 4) is 5.75 Å². The van der Waals surface area contributed by atoms with Gasteiger partial charge in [-0.05, 0) is 30.7 Å². The Morgan fingerprint density at radius 3 is 2.44 bits per heavy atom. The van der Waals surface area contributed by atoms with Gasteiger partial charge in [0.2, 0.25) is 0 Å². The zero-order chi connectivity index (χ0) is 17.3. The first kappa shape index (κ1) is 16.8. The van der Waals surface area contributed by atoms with Crippen molar-refractivity contribution >= 4 is 11.5 Å². The Morgan fingerprint density at radius 1 is 0.960 bits per heavy atom. The van der Waals surface area contributed by atoms with Gasteiger partial charge in [0, 0.05) is 24.0 Å². The number of nitrogens with one attached hydrogen (secondary N) is 2. The molecule has 1 aromatic heterocycles. The van der Waals surface area contributed by atoms with Gasteiger partial charge in [0.1, 0.15) is 18.2 Å². The third-order valence-corrected chi connectivity index (χ3v) is 3.86. The van der Waals surface area contributed by atoms with Crippen LogP contribution in [0.5, 0.6) is 5.75 Å². The van der Waals surface area contributed by atoms with E-state index >= 15 is 0 Å². The number of nitrogens with zero attached hydrogens (tertiary/aromatic N) is 1. The highest BCUT2D eigenvalue weighted by Gasteiger charge is 2.05. The summed E-state index contributed by atoms with van der Waals surface area (Å²) < 4.78 is 5.67. The van der Waals surface area contributed by atoms with Gasteiger partial charge in [0.15, 0.2) is 0 Å². The predicted octanol–water partition coefficient (Wildman–Crippen LogP) is 4.75. The molecule has 0 saturated heterocycles. The summed E-state index contributed by atoms with van der Waals surface area (Å²) in [4.78, 5) is 4.36. The van der Waals surface area contributed by atoms with Gasteiger partial charge in [-0.1, -0.05) is 48.5 Å². The van der Waals surface area contributed by atoms with E-state index in [9.17, 15) is 0 Å². The lowest BCUT2D eigenvalue weighted by Crippen LogP contribution is -2.13. The highest BCUT2D eigenvalue weighted by atomic mass is 16.5. The van der Waals surface area contributed by atoms with Crippen molar-refractivity contribution in [2.45, 2.75) is 13.0 Å². The molecule has 2 aromatic carbocycles. The molecule has 2 N–H and O–H groups in total. The summed E-state index contributed by atoms with van der Waals surface area (Å²) in [6, 6.07) is 24.4. The van der Waals surface area contributed by atoms with Crippen molar-refractivity contribution in [1.82, 2.24) is 4.98 Å². The van der Waals surface area contributed by atoms with Crippen LogP contribution in [0.2, 0.25) is 0 Å². The second-order valence-corrected chi connectivity index (χ2v) is 5.79. The van der Waals surface area contributed by atoms with Gasteiger partial charge >= 0.3 is 0 Å². The molecule has 0 bridgehead atoms. The number of ether oxygens (including phenoxy) is 1. The van der Waals surface area contributed by atoms with Gasteiger partial charge in [0.05, 0.1) is 6.54 Å². The van der Waals surface area contributed by atoms with Crippen LogP contribution in [0.25, 0.3) is 0 Å². The molecule has 0 fully saturated rings. The fourth-order valence-corrected chi connectivity index (χ4v) is 2.56. The minimum absolute atomic E-state index is 0.234. The Labute approximate surface area is 148 Å². The van der Waals surface area contributed by atoms with E-state index in [2.05, 4.69) is 46.8 Å². The van der Waals surface area contributed by atoms with Crippen molar-refractivity contribution in [3.05, 3.63) is 84.6 Å². The highest BCUT2D eigenvalue weighted by Crippen LogP contribution is 2.20. The standard InChI is InChI=1S/C21H23N3O/c1-17(18-8-4-2-5-9-18)24-19-12-13-22-21(16-19)23-14-15-25-20-10-6-3-7-11-20/h2-13,16-17H,14-15H2,1H3,(H2,22,23,24)/t17-/m0/s1. The molecule has 0 saturated carbocycles. The molecule has 128 valence electrons. The normalized spacial score (nSPS) is 11.6. The van der Waals surface area contributed by atoms with Crippen molar-refractivity contribution in [2.24, 2.45) is 0 Å². The van der Waals surface area contributed by atoms with Gasteiger partial charge in [-0.3, -0.25) is 0 Å². The monoisotopic (exact) mass is 333 g/mol. The maximum absolute atomic E-state index is 5.67. The first-order valence-electron chi connectivity index (χ1n) is 8.50. The number of anilines is 2. The topological polar surface area (TPSA) is 46.2 Å². The average Bonchev–Trinajstić information content (AvgIpc) is 2.67. The molecule has 0 radical (unpaired) electrons. The quantitative estimate of drug-likeness (QED) is 0.584. The van der Waals surface area contributed by atoms with Gasteiger partial charge in [-0.2, -0.15) is 0 Å². The average molecular weight is 333 g/mol. The van der Waals surface area contributed by atoms with Crippen LogP contribution in [0.1, 0.15) is 18.5 Å². The van der Waals surface area contributed by atoms with Gasteiger partial charge in [-0.15, -0.1) is 0 Å². The van der Waals surface area contributed by atoms with E-state index in [1.165, 1.54) is 5.56 Å². The van der Waals surface area contributed by atoms with Crippen LogP contribution < -0.4 is 15.4 Å². The fraction of sp³-hybridized carbons (Fsp3) is 0.190. The van der Waals surface area contributed by atoms with Crippen LogP contribution in [0.4, 0.5) is 11.5 Å². The second-order valence-electron chi connectivity index (χ2n) is 5.79. The Bertz CT molecular complexity index is 762. The minimum Gasteiger partial charge on any atom is -0.492 e. The number of aromatic nitrogens is 1. The molecule has 4 heteroatoms. The lowest BCUT2D eigenvalue weighted by atomic mass is 10.1. The molecule has 4 nitrogen and oxygen atoms in total. The molecule has 25 heavy (non-hydrogen) atoms. The van der Waals surface area contributed by atoms with Crippen LogP contribution in [-0.2, 0) is 0 Å². The summed E-state index contributed by atoms with van der Waals surface area (Å²) in [5.74, 6) is 1.71. The van der Waals surface area contributed by atoms with Crippen LogP contribution >= 0.6 is 0 Å². The number of pyridine rings is 1. The molecule has 0 aliphatic carbocycles. The summed E-state index contributed by atoms with van der Waals surface area (Å²) in [5.41, 5.74) is 2.29. The zero-order valence-corrected chi connectivity index (χ0v) is 14.4. The van der Waals surface area contributed by atoms with Crippen molar-refractivity contribution in [1.29, 1.82) is 0 Å². The summed E-state index contributed by atoms with van der Waals surface area (Å²) >= 11 is 0. The molecule has 3 aromatic rings. The largest absolute Gasteiger partial charge is 0.492 e. The molecular formula is C21H23N3O. The van der Waals surface area contributed by atoms with Crippen LogP contribution in [0, 0.1) is 0 Å². The fourth-order valence-electron chi connectivity index (χ4n) is 2.56. The number of benzene rings is 2. The molecular weight excluding hydrogens is 310 g/mol. The number of rotatable bonds is 8. The lowest BCUT2D eigenvalue weighted by molar-refractivity contribution is 0.333. The first-order chi connectivity index (χ1) is 12.3. The van der Waals surface area contributed by atoms with Crippen LogP contribution in [0.3, 0.4) is 0 Å². The second kappa shape index (κ2) is 8.73. The SMILES string of the molecule is C[C@H](Nc1ccnc(NCCOc2ccccc2)c1)c1ccccc1. The molecule has 1 atom stereocenters. The molecule has 0 spiro atoms. The van der Waals surface area contributed by atoms with E-state index in [4.69, 9.17) is 4.74 Å². The number of para-hydroxylation sites is 1. The molecule has 3 rings (SSSR count). The summed E-state index contributed by atoms with van der Waals surface area (Å²) in [6.45, 7) is 3.43. The molecule has 0 unspecified atom stereocenters. The number of hydrogen-bond acceptors (Lipinski definition) is 4. The van der Waals surface area contributed by atoms with Gasteiger partial charge in [-0.25, -0.2) is 4.98 Å². The first-order valence-corrected chi connectivity index (χ1v) is 8.50. The summed E-state index contributed by atoms with van der Waals surface area (Å²) in [5, 5.41) is 6.80. The maximum Gasteiger partial charge on any atom is 0.128 e. The summed E-state index contributed by atoms with van der Waals surface area (Å²) in [6.07, 6.45) is 1.81. The smallest absolute Gasteiger partial charge is 0.128 e. The third kappa shape index (κ3) is 5.24. The predicted molar refractivity (Wildman–Crippen MR) is 103 cm³/mol. The van der Waals surface area contributed by atoms with Crippen molar-refractivity contribution < 1.29 is 4.74 Å². The van der Waals surface area contributed by atoms with Gasteiger partial charge < -0.3 is 15.4 Å². The maximum atomic E-state index is 5.67. The molecule has 0 aliphatic heterocycles. The molecule has 1 heterocycles. The van der Waals surface area contributed by atoms with E-state index in [1.807, 2.05) is 48.5 Å². The van der Waals surface area contributed by atoms with E-state index < -0.39 is 0 Å². The van der Waals surface area contributed by atoms with Crippen LogP contribution in [-0.4, -0.2) is 18.1 Å². The lowest BCUT2D eigenvalue weighted by Gasteiger charge is -2.16. The Morgan fingerprint density at radius 2 is 1.68 bits per heavy atom. The van der Waals surface area contributed by atoms with E-state index in [0.29, 0.717) is 13.2 Å². The minimum atomic E-state index is 0.234. The Balaban J connectivity index is 1.49. The van der Waals surface area contributed by atoms with Crippen molar-refractivity contribution in [2.75, 3.05) is 23.8 Å². The van der Waals surface area contributed by atoms with E-state index in [0.717, 1.165) is 17.3 Å². The zero-order valence-electron chi connectivity index (χ0n) is 14.4. The number of hydrogen-bond donors (Lipinski definition) is 2. The molecule has 0 aliphatic rings. The Kier molecular flexibility index (Phi) is 5.88.